The Kier molecular flexibility index (Phi) is 3.17. The lowest BCUT2D eigenvalue weighted by Gasteiger charge is -2.04. The van der Waals surface area contributed by atoms with Crippen LogP contribution in [0.4, 0.5) is 0 Å². The highest BCUT2D eigenvalue weighted by Gasteiger charge is 2.04. The van der Waals surface area contributed by atoms with Gasteiger partial charge in [-0.1, -0.05) is 58.4 Å². The van der Waals surface area contributed by atoms with Crippen molar-refractivity contribution in [2.24, 2.45) is 0 Å². The van der Waals surface area contributed by atoms with Gasteiger partial charge in [0.15, 0.2) is 0 Å². The molecule has 0 saturated carbocycles. The van der Waals surface area contributed by atoms with Crippen LogP contribution in [0.1, 0.15) is 5.56 Å². The third-order valence-corrected chi connectivity index (χ3v) is 3.04. The predicted octanol–water partition coefficient (Wildman–Crippen LogP) is 3.35. The lowest BCUT2D eigenvalue weighted by molar-refractivity contribution is -0.115. The topological polar surface area (TPSA) is 17.1 Å². The van der Waals surface area contributed by atoms with Crippen LogP contribution in [0.25, 0.3) is 10.8 Å². The number of hydrogen-bond acceptors (Lipinski definition) is 1. The van der Waals surface area contributed by atoms with Crippen molar-refractivity contribution >= 4 is 32.5 Å². The molecule has 2 aromatic rings. The largest absolute Gasteiger partial charge is 0.298 e. The van der Waals surface area contributed by atoms with Gasteiger partial charge in [0.2, 0.25) is 0 Å². The SMILES string of the molecule is O=C(CBr)Cc1cccc2ccccc12. The molecule has 0 aliphatic rings. The van der Waals surface area contributed by atoms with Gasteiger partial charge in [0, 0.05) is 6.42 Å². The van der Waals surface area contributed by atoms with Crippen molar-refractivity contribution in [3.05, 3.63) is 48.0 Å². The van der Waals surface area contributed by atoms with Crippen LogP contribution in [0.15, 0.2) is 42.5 Å². The Morgan fingerprint density at radius 3 is 2.60 bits per heavy atom. The number of ketones is 1. The van der Waals surface area contributed by atoms with Crippen molar-refractivity contribution in [2.75, 3.05) is 5.33 Å². The van der Waals surface area contributed by atoms with Crippen LogP contribution in [0, 0.1) is 0 Å². The number of benzene rings is 2. The number of hydrogen-bond donors (Lipinski definition) is 0. The van der Waals surface area contributed by atoms with Gasteiger partial charge < -0.3 is 0 Å². The molecule has 2 heteroatoms. The fraction of sp³-hybridized carbons (Fsp3) is 0.154. The smallest absolute Gasteiger partial charge is 0.147 e. The Bertz CT molecular complexity index is 485. The van der Waals surface area contributed by atoms with Crippen molar-refractivity contribution in [1.29, 1.82) is 0 Å². The summed E-state index contributed by atoms with van der Waals surface area (Å²) in [4.78, 5) is 11.4. The molecule has 0 bridgehead atoms. The van der Waals surface area contributed by atoms with Crippen molar-refractivity contribution < 1.29 is 4.79 Å². The minimum Gasteiger partial charge on any atom is -0.298 e. The molecule has 0 saturated heterocycles. The number of Topliss-reactive ketones (excluding diaryl/α,β-unsaturated/α-hetero) is 1. The first-order chi connectivity index (χ1) is 7.31. The number of rotatable bonds is 3. The second-order valence-corrected chi connectivity index (χ2v) is 4.05. The maximum Gasteiger partial charge on any atom is 0.147 e. The summed E-state index contributed by atoms with van der Waals surface area (Å²) in [6.45, 7) is 0. The molecule has 0 amide bonds. The quantitative estimate of drug-likeness (QED) is 0.776. The van der Waals surface area contributed by atoms with Crippen molar-refractivity contribution in [3.8, 4) is 0 Å². The van der Waals surface area contributed by atoms with Gasteiger partial charge in [0.05, 0.1) is 5.33 Å². The zero-order valence-electron chi connectivity index (χ0n) is 8.24. The standard InChI is InChI=1S/C13H11BrO/c14-9-12(15)8-11-6-3-5-10-4-1-2-7-13(10)11/h1-7H,8-9H2. The Balaban J connectivity index is 2.46. The molecule has 0 spiro atoms. The van der Waals surface area contributed by atoms with Crippen LogP contribution in [0.3, 0.4) is 0 Å². The summed E-state index contributed by atoms with van der Waals surface area (Å²) >= 11 is 3.19. The lowest BCUT2D eigenvalue weighted by Crippen LogP contribution is -2.03. The molecule has 0 heterocycles. The van der Waals surface area contributed by atoms with E-state index in [-0.39, 0.29) is 5.78 Å². The predicted molar refractivity (Wildman–Crippen MR) is 66.5 cm³/mol. The maximum atomic E-state index is 11.4. The van der Waals surface area contributed by atoms with Crippen LogP contribution in [0.2, 0.25) is 0 Å². The molecule has 2 aromatic carbocycles. The average molecular weight is 263 g/mol. The maximum absolute atomic E-state index is 11.4. The molecule has 15 heavy (non-hydrogen) atoms. The van der Waals surface area contributed by atoms with E-state index < -0.39 is 0 Å². The van der Waals surface area contributed by atoms with E-state index in [1.165, 1.54) is 10.8 Å². The summed E-state index contributed by atoms with van der Waals surface area (Å²) in [5, 5.41) is 2.79. The number of carbonyl (C=O) groups is 1. The highest BCUT2D eigenvalue weighted by Crippen LogP contribution is 2.19. The molecule has 0 aliphatic carbocycles. The monoisotopic (exact) mass is 262 g/mol. The number of halogens is 1. The normalized spacial score (nSPS) is 10.5. The highest BCUT2D eigenvalue weighted by molar-refractivity contribution is 9.09. The molecule has 0 aliphatic heterocycles. The minimum atomic E-state index is 0.214. The van der Waals surface area contributed by atoms with Crippen LogP contribution >= 0.6 is 15.9 Å². The molecule has 0 atom stereocenters. The summed E-state index contributed by atoms with van der Waals surface area (Å²) in [6.07, 6.45) is 0.507. The third-order valence-electron chi connectivity index (χ3n) is 2.42. The average Bonchev–Trinajstić information content (AvgIpc) is 2.29. The number of fused-ring (bicyclic) bond motifs is 1. The van der Waals surface area contributed by atoms with E-state index in [0.717, 1.165) is 5.56 Å². The van der Waals surface area contributed by atoms with Crippen LogP contribution in [-0.2, 0) is 11.2 Å². The zero-order chi connectivity index (χ0) is 10.7. The molecule has 0 aromatic heterocycles. The lowest BCUT2D eigenvalue weighted by atomic mass is 10.0. The van der Waals surface area contributed by atoms with Crippen LogP contribution in [0.5, 0.6) is 0 Å². The molecular formula is C13H11BrO. The first-order valence-electron chi connectivity index (χ1n) is 4.85. The molecule has 0 unspecified atom stereocenters. The fourth-order valence-corrected chi connectivity index (χ4v) is 1.90. The van der Waals surface area contributed by atoms with E-state index >= 15 is 0 Å². The van der Waals surface area contributed by atoms with Gasteiger partial charge in [-0.3, -0.25) is 4.79 Å². The van der Waals surface area contributed by atoms with Gasteiger partial charge in [0.1, 0.15) is 5.78 Å². The Morgan fingerprint density at radius 2 is 1.80 bits per heavy atom. The summed E-state index contributed by atoms with van der Waals surface area (Å²) < 4.78 is 0. The fourth-order valence-electron chi connectivity index (χ4n) is 1.71. The molecule has 2 rings (SSSR count). The Morgan fingerprint density at radius 1 is 1.07 bits per heavy atom. The zero-order valence-corrected chi connectivity index (χ0v) is 9.83. The Hall–Kier alpha value is -1.15. The highest BCUT2D eigenvalue weighted by atomic mass is 79.9. The van der Waals surface area contributed by atoms with E-state index in [1.54, 1.807) is 0 Å². The van der Waals surface area contributed by atoms with E-state index in [1.807, 2.05) is 24.3 Å². The first-order valence-corrected chi connectivity index (χ1v) is 5.97. The van der Waals surface area contributed by atoms with Crippen molar-refractivity contribution in [2.45, 2.75) is 6.42 Å². The minimum absolute atomic E-state index is 0.214. The van der Waals surface area contributed by atoms with Crippen molar-refractivity contribution in [1.82, 2.24) is 0 Å². The molecule has 0 N–H and O–H groups in total. The third kappa shape index (κ3) is 2.26. The Labute approximate surface area is 97.2 Å². The van der Waals surface area contributed by atoms with E-state index in [9.17, 15) is 4.79 Å². The van der Waals surface area contributed by atoms with Crippen LogP contribution < -0.4 is 0 Å². The number of alkyl halides is 1. The molecule has 76 valence electrons. The first kappa shape index (κ1) is 10.4. The summed E-state index contributed by atoms with van der Waals surface area (Å²) in [6, 6.07) is 14.2. The van der Waals surface area contributed by atoms with Crippen molar-refractivity contribution in [3.63, 3.8) is 0 Å². The van der Waals surface area contributed by atoms with Gasteiger partial charge in [-0.25, -0.2) is 0 Å². The molecular weight excluding hydrogens is 252 g/mol. The second-order valence-electron chi connectivity index (χ2n) is 3.49. The van der Waals surface area contributed by atoms with Gasteiger partial charge >= 0.3 is 0 Å². The second kappa shape index (κ2) is 4.58. The van der Waals surface area contributed by atoms with E-state index in [2.05, 4.69) is 34.1 Å². The molecule has 1 nitrogen and oxygen atoms in total. The van der Waals surface area contributed by atoms with Gasteiger partial charge in [-0.2, -0.15) is 0 Å². The van der Waals surface area contributed by atoms with E-state index in [0.29, 0.717) is 11.8 Å². The summed E-state index contributed by atoms with van der Waals surface area (Å²) in [7, 11) is 0. The number of carbonyl (C=O) groups excluding carboxylic acids is 1. The molecule has 0 radical (unpaired) electrons. The van der Waals surface area contributed by atoms with Gasteiger partial charge in [-0.15, -0.1) is 0 Å². The summed E-state index contributed by atoms with van der Waals surface area (Å²) in [5.41, 5.74) is 1.11. The summed E-state index contributed by atoms with van der Waals surface area (Å²) in [5.74, 6) is 0.214. The van der Waals surface area contributed by atoms with Gasteiger partial charge in [0.25, 0.3) is 0 Å². The van der Waals surface area contributed by atoms with Crippen LogP contribution in [-0.4, -0.2) is 11.1 Å². The van der Waals surface area contributed by atoms with Gasteiger partial charge in [-0.05, 0) is 16.3 Å². The molecule has 0 fully saturated rings. The van der Waals surface area contributed by atoms with E-state index in [4.69, 9.17) is 0 Å².